The van der Waals surface area contributed by atoms with E-state index in [-0.39, 0.29) is 13.0 Å². The highest BCUT2D eigenvalue weighted by molar-refractivity contribution is 7.10. The van der Waals surface area contributed by atoms with Gasteiger partial charge >= 0.3 is 12.1 Å². The van der Waals surface area contributed by atoms with Crippen molar-refractivity contribution in [3.63, 3.8) is 0 Å². The Morgan fingerprint density at radius 2 is 1.90 bits per heavy atom. The van der Waals surface area contributed by atoms with Gasteiger partial charge in [0.25, 0.3) is 5.91 Å². The second-order valence-electron chi connectivity index (χ2n) is 4.34. The Labute approximate surface area is 123 Å². The van der Waals surface area contributed by atoms with Crippen molar-refractivity contribution in [3.8, 4) is 0 Å². The van der Waals surface area contributed by atoms with E-state index in [4.69, 9.17) is 5.11 Å². The molecule has 0 fully saturated rings. The molecule has 9 heteroatoms. The van der Waals surface area contributed by atoms with Gasteiger partial charge in [0, 0.05) is 13.0 Å². The Kier molecular flexibility index (Phi) is 6.60. The summed E-state index contributed by atoms with van der Waals surface area (Å²) >= 11 is 0.385. The average Bonchev–Trinajstić information content (AvgIpc) is 2.86. The fourth-order valence-electron chi connectivity index (χ4n) is 1.65. The maximum Gasteiger partial charge on any atom is 0.427 e. The van der Waals surface area contributed by atoms with Crippen molar-refractivity contribution >= 4 is 23.2 Å². The second-order valence-corrected chi connectivity index (χ2v) is 5.20. The highest BCUT2D eigenvalue weighted by Gasteiger charge is 2.37. The predicted octanol–water partition coefficient (Wildman–Crippen LogP) is 2.93. The first-order valence-corrected chi connectivity index (χ1v) is 7.21. The van der Waals surface area contributed by atoms with Gasteiger partial charge in [-0.1, -0.05) is 12.8 Å². The zero-order valence-corrected chi connectivity index (χ0v) is 11.9. The van der Waals surface area contributed by atoms with Crippen LogP contribution < -0.4 is 5.32 Å². The molecule has 2 N–H and O–H groups in total. The van der Waals surface area contributed by atoms with E-state index in [1.165, 1.54) is 0 Å². The summed E-state index contributed by atoms with van der Waals surface area (Å²) in [6, 6.07) is 0. The molecule has 21 heavy (non-hydrogen) atoms. The quantitative estimate of drug-likeness (QED) is 0.721. The molecule has 0 radical (unpaired) electrons. The lowest BCUT2D eigenvalue weighted by Crippen LogP contribution is -2.27. The largest absolute Gasteiger partial charge is 0.481 e. The van der Waals surface area contributed by atoms with Crippen LogP contribution in [0.3, 0.4) is 0 Å². The fourth-order valence-corrected chi connectivity index (χ4v) is 2.30. The highest BCUT2D eigenvalue weighted by Crippen LogP contribution is 2.34. The summed E-state index contributed by atoms with van der Waals surface area (Å²) in [6.07, 6.45) is -1.95. The second kappa shape index (κ2) is 7.96. The number of nitrogens with zero attached hydrogens (tertiary/aromatic N) is 1. The van der Waals surface area contributed by atoms with Crippen molar-refractivity contribution < 1.29 is 27.9 Å². The minimum atomic E-state index is -4.58. The van der Waals surface area contributed by atoms with E-state index in [2.05, 4.69) is 10.3 Å². The van der Waals surface area contributed by atoms with Gasteiger partial charge in [-0.05, 0) is 12.8 Å². The van der Waals surface area contributed by atoms with Crippen molar-refractivity contribution in [2.75, 3.05) is 6.54 Å². The minimum absolute atomic E-state index is 0.0973. The number of rotatable bonds is 8. The van der Waals surface area contributed by atoms with Gasteiger partial charge in [-0.2, -0.15) is 13.2 Å². The molecule has 0 aromatic carbocycles. The van der Waals surface area contributed by atoms with Crippen molar-refractivity contribution in [2.24, 2.45) is 0 Å². The van der Waals surface area contributed by atoms with E-state index in [0.717, 1.165) is 5.51 Å². The molecule has 0 saturated heterocycles. The van der Waals surface area contributed by atoms with E-state index in [0.29, 0.717) is 37.0 Å². The standard InChI is InChI=1S/C12H15F3N2O3S/c13-12(14,15)10-9(17-7-21-10)11(20)16-6-4-2-1-3-5-8(18)19/h7H,1-6H2,(H,16,20)(H,18,19). The third-order valence-electron chi connectivity index (χ3n) is 2.64. The molecule has 1 rings (SSSR count). The molecule has 0 aliphatic rings. The Bertz CT molecular complexity index is 488. The number of aliphatic carboxylic acids is 1. The molecule has 0 saturated carbocycles. The van der Waals surface area contributed by atoms with Crippen LogP contribution in [0.4, 0.5) is 13.2 Å². The summed E-state index contributed by atoms with van der Waals surface area (Å²) in [6.45, 7) is 0.237. The molecule has 0 bridgehead atoms. The van der Waals surface area contributed by atoms with Gasteiger partial charge in [-0.3, -0.25) is 9.59 Å². The Morgan fingerprint density at radius 3 is 2.52 bits per heavy atom. The monoisotopic (exact) mass is 324 g/mol. The van der Waals surface area contributed by atoms with E-state index < -0.39 is 28.6 Å². The van der Waals surface area contributed by atoms with Crippen molar-refractivity contribution in [3.05, 3.63) is 16.1 Å². The molecule has 1 heterocycles. The normalized spacial score (nSPS) is 11.4. The zero-order chi connectivity index (χ0) is 15.9. The van der Waals surface area contributed by atoms with Gasteiger partial charge < -0.3 is 10.4 Å². The van der Waals surface area contributed by atoms with Crippen LogP contribution in [0, 0.1) is 0 Å². The molecule has 1 aromatic heterocycles. The number of carboxylic acids is 1. The van der Waals surface area contributed by atoms with Gasteiger partial charge in [-0.25, -0.2) is 4.98 Å². The molecular formula is C12H15F3N2O3S. The lowest BCUT2D eigenvalue weighted by atomic mass is 10.1. The summed E-state index contributed by atoms with van der Waals surface area (Å²) in [5.74, 6) is -1.69. The minimum Gasteiger partial charge on any atom is -0.481 e. The van der Waals surface area contributed by atoms with Crippen LogP contribution in [0.15, 0.2) is 5.51 Å². The van der Waals surface area contributed by atoms with Gasteiger partial charge in [0.05, 0.1) is 5.51 Å². The zero-order valence-electron chi connectivity index (χ0n) is 11.1. The van der Waals surface area contributed by atoms with Crippen LogP contribution in [0.5, 0.6) is 0 Å². The number of carbonyl (C=O) groups is 2. The summed E-state index contributed by atoms with van der Waals surface area (Å²) in [4.78, 5) is 24.3. The molecule has 0 unspecified atom stereocenters. The van der Waals surface area contributed by atoms with Gasteiger partial charge in [0.15, 0.2) is 5.69 Å². The van der Waals surface area contributed by atoms with Crippen LogP contribution in [0.1, 0.15) is 47.5 Å². The Balaban J connectivity index is 2.29. The average molecular weight is 324 g/mol. The number of thiazole rings is 1. The number of halogens is 3. The van der Waals surface area contributed by atoms with Gasteiger partial charge in [-0.15, -0.1) is 11.3 Å². The van der Waals surface area contributed by atoms with Crippen LogP contribution in [-0.4, -0.2) is 28.5 Å². The third kappa shape index (κ3) is 6.11. The smallest absolute Gasteiger partial charge is 0.427 e. The number of carboxylic acid groups (broad SMARTS) is 1. The molecule has 1 aromatic rings. The number of alkyl halides is 3. The molecular weight excluding hydrogens is 309 g/mol. The Morgan fingerprint density at radius 1 is 1.24 bits per heavy atom. The maximum atomic E-state index is 12.6. The van der Waals surface area contributed by atoms with E-state index >= 15 is 0 Å². The van der Waals surface area contributed by atoms with Crippen LogP contribution >= 0.6 is 11.3 Å². The number of carbonyl (C=O) groups excluding carboxylic acids is 1. The SMILES string of the molecule is O=C(O)CCCCCCNC(=O)c1ncsc1C(F)(F)F. The number of hydrogen-bond acceptors (Lipinski definition) is 4. The lowest BCUT2D eigenvalue weighted by molar-refractivity contribution is -0.137. The first-order valence-electron chi connectivity index (χ1n) is 6.33. The van der Waals surface area contributed by atoms with E-state index in [1.807, 2.05) is 0 Å². The summed E-state index contributed by atoms with van der Waals surface area (Å²) in [7, 11) is 0. The first kappa shape index (κ1) is 17.4. The Hall–Kier alpha value is -1.64. The summed E-state index contributed by atoms with van der Waals surface area (Å²) in [5, 5.41) is 10.8. The molecule has 0 atom stereocenters. The number of aromatic nitrogens is 1. The van der Waals surface area contributed by atoms with E-state index in [1.54, 1.807) is 0 Å². The number of nitrogens with one attached hydrogen (secondary N) is 1. The number of hydrogen-bond donors (Lipinski definition) is 2. The number of amides is 1. The van der Waals surface area contributed by atoms with Gasteiger partial charge in [0.1, 0.15) is 4.88 Å². The van der Waals surface area contributed by atoms with Crippen LogP contribution in [0.2, 0.25) is 0 Å². The molecule has 0 aliphatic carbocycles. The summed E-state index contributed by atoms with van der Waals surface area (Å²) < 4.78 is 37.7. The molecule has 0 spiro atoms. The lowest BCUT2D eigenvalue weighted by Gasteiger charge is -2.07. The molecule has 5 nitrogen and oxygen atoms in total. The number of unbranched alkanes of at least 4 members (excludes halogenated alkanes) is 3. The van der Waals surface area contributed by atoms with Crippen molar-refractivity contribution in [1.29, 1.82) is 0 Å². The van der Waals surface area contributed by atoms with Gasteiger partial charge in [0.2, 0.25) is 0 Å². The maximum absolute atomic E-state index is 12.6. The van der Waals surface area contributed by atoms with Crippen LogP contribution in [0.25, 0.3) is 0 Å². The van der Waals surface area contributed by atoms with Crippen molar-refractivity contribution in [1.82, 2.24) is 10.3 Å². The van der Waals surface area contributed by atoms with Crippen molar-refractivity contribution in [2.45, 2.75) is 38.3 Å². The summed E-state index contributed by atoms with van der Waals surface area (Å²) in [5.41, 5.74) is 0.391. The topological polar surface area (TPSA) is 79.3 Å². The molecule has 118 valence electrons. The highest BCUT2D eigenvalue weighted by atomic mass is 32.1. The van der Waals surface area contributed by atoms with Crippen LogP contribution in [-0.2, 0) is 11.0 Å². The first-order chi connectivity index (χ1) is 9.82. The molecule has 1 amide bonds. The predicted molar refractivity (Wildman–Crippen MR) is 70.2 cm³/mol. The molecule has 0 aliphatic heterocycles. The third-order valence-corrected chi connectivity index (χ3v) is 3.51. The fraction of sp³-hybridized carbons (Fsp3) is 0.583. The van der Waals surface area contributed by atoms with E-state index in [9.17, 15) is 22.8 Å².